The third-order valence-electron chi connectivity index (χ3n) is 1.75. The third kappa shape index (κ3) is 3.74. The van der Waals surface area contributed by atoms with Crippen molar-refractivity contribution < 1.29 is 17.7 Å². The van der Waals surface area contributed by atoms with E-state index in [1.54, 1.807) is 20.8 Å². The molecule has 0 aliphatic rings. The van der Waals surface area contributed by atoms with Crippen LogP contribution in [-0.4, -0.2) is 25.5 Å². The van der Waals surface area contributed by atoms with Crippen molar-refractivity contribution in [2.45, 2.75) is 31.7 Å². The van der Waals surface area contributed by atoms with Crippen LogP contribution in [0.2, 0.25) is 0 Å². The number of aromatic nitrogens is 2. The molecule has 1 heterocycles. The molecule has 1 unspecified atom stereocenters. The summed E-state index contributed by atoms with van der Waals surface area (Å²) in [5.74, 6) is 0. The lowest BCUT2D eigenvalue weighted by molar-refractivity contribution is -0.140. The van der Waals surface area contributed by atoms with Gasteiger partial charge in [-0.25, -0.2) is 4.98 Å². The second kappa shape index (κ2) is 4.69. The molecular formula is C9H12F3N3OS. The lowest BCUT2D eigenvalue weighted by Gasteiger charge is -2.17. The van der Waals surface area contributed by atoms with Crippen LogP contribution in [0.15, 0.2) is 10.7 Å². The zero-order chi connectivity index (χ0) is 13.3. The summed E-state index contributed by atoms with van der Waals surface area (Å²) >= 11 is -1.61. The molecule has 0 saturated carbocycles. The highest BCUT2D eigenvalue weighted by Gasteiger charge is 2.35. The van der Waals surface area contributed by atoms with Crippen LogP contribution in [0.1, 0.15) is 32.2 Å². The molecule has 0 spiro atoms. The van der Waals surface area contributed by atoms with E-state index in [-0.39, 0.29) is 5.69 Å². The number of H-pyrrole nitrogens is 1. The molecule has 17 heavy (non-hydrogen) atoms. The highest BCUT2D eigenvalue weighted by molar-refractivity contribution is 7.91. The van der Waals surface area contributed by atoms with Crippen molar-refractivity contribution >= 4 is 17.6 Å². The smallest absolute Gasteiger partial charge is 0.433 e. The molecule has 1 aromatic heterocycles. The number of nitrogens with one attached hydrogen (secondary N) is 1. The maximum atomic E-state index is 12.4. The van der Waals surface area contributed by atoms with Gasteiger partial charge in [0.25, 0.3) is 0 Å². The first-order valence-corrected chi connectivity index (χ1v) is 5.79. The third-order valence-corrected chi connectivity index (χ3v) is 3.09. The van der Waals surface area contributed by atoms with Crippen molar-refractivity contribution in [2.75, 3.05) is 0 Å². The van der Waals surface area contributed by atoms with Crippen molar-refractivity contribution in [1.82, 2.24) is 9.97 Å². The van der Waals surface area contributed by atoms with Gasteiger partial charge in [-0.05, 0) is 20.8 Å². The van der Waals surface area contributed by atoms with Gasteiger partial charge in [-0.3, -0.25) is 0 Å². The average Bonchev–Trinajstić information content (AvgIpc) is 2.59. The minimum atomic E-state index is -4.53. The largest absolute Gasteiger partial charge is 0.591 e. The normalized spacial score (nSPS) is 15.5. The molecule has 96 valence electrons. The summed E-state index contributed by atoms with van der Waals surface area (Å²) in [6, 6.07) is 0. The number of alkyl halides is 3. The van der Waals surface area contributed by atoms with Gasteiger partial charge in [0.15, 0.2) is 0 Å². The highest BCUT2D eigenvalue weighted by Crippen LogP contribution is 2.29. The Kier molecular flexibility index (Phi) is 3.88. The monoisotopic (exact) mass is 267 g/mol. The van der Waals surface area contributed by atoms with Crippen molar-refractivity contribution in [2.24, 2.45) is 4.40 Å². The van der Waals surface area contributed by atoms with Crippen LogP contribution in [0.5, 0.6) is 0 Å². The van der Waals surface area contributed by atoms with Crippen LogP contribution in [-0.2, 0) is 17.5 Å². The summed E-state index contributed by atoms with van der Waals surface area (Å²) in [7, 11) is 0. The standard InChI is InChI=1S/C9H12F3N3OS/c1-8(2,3)17(16)15-4-6-7(9(10,11)12)14-5-13-6/h4-5H,1-3H3,(H,13,14). The van der Waals surface area contributed by atoms with Crippen molar-refractivity contribution in [3.63, 3.8) is 0 Å². The maximum absolute atomic E-state index is 12.4. The highest BCUT2D eigenvalue weighted by atomic mass is 32.2. The summed E-state index contributed by atoms with van der Waals surface area (Å²) in [4.78, 5) is 5.46. The molecule has 0 fully saturated rings. The van der Waals surface area contributed by atoms with Gasteiger partial charge >= 0.3 is 6.18 Å². The van der Waals surface area contributed by atoms with Gasteiger partial charge in [0.05, 0.1) is 6.33 Å². The fraction of sp³-hybridized carbons (Fsp3) is 0.556. The first-order valence-electron chi connectivity index (χ1n) is 4.69. The zero-order valence-electron chi connectivity index (χ0n) is 9.50. The molecule has 0 aliphatic carbocycles. The second-order valence-electron chi connectivity index (χ2n) is 4.26. The van der Waals surface area contributed by atoms with Gasteiger partial charge in [-0.15, -0.1) is 0 Å². The molecule has 0 saturated heterocycles. The summed E-state index contributed by atoms with van der Waals surface area (Å²) in [6.45, 7) is 5.03. The molecular weight excluding hydrogens is 255 g/mol. The van der Waals surface area contributed by atoms with Gasteiger partial charge in [0, 0.05) is 0 Å². The summed E-state index contributed by atoms with van der Waals surface area (Å²) in [5, 5.41) is 0. The Hall–Kier alpha value is -1.02. The van der Waals surface area contributed by atoms with E-state index in [1.165, 1.54) is 0 Å². The Morgan fingerprint density at radius 1 is 1.41 bits per heavy atom. The molecule has 1 rings (SSSR count). The Morgan fingerprint density at radius 3 is 2.47 bits per heavy atom. The number of nitrogens with zero attached hydrogens (tertiary/aromatic N) is 2. The number of halogens is 3. The summed E-state index contributed by atoms with van der Waals surface area (Å²) in [5.41, 5.74) is -1.36. The van der Waals surface area contributed by atoms with Crippen LogP contribution in [0.25, 0.3) is 0 Å². The first-order chi connectivity index (χ1) is 7.62. The van der Waals surface area contributed by atoms with E-state index in [9.17, 15) is 17.7 Å². The van der Waals surface area contributed by atoms with Crippen LogP contribution >= 0.6 is 0 Å². The lowest BCUT2D eigenvalue weighted by Crippen LogP contribution is -2.26. The average molecular weight is 267 g/mol. The van der Waals surface area contributed by atoms with Gasteiger partial charge in [-0.1, -0.05) is 4.40 Å². The van der Waals surface area contributed by atoms with E-state index in [1.807, 2.05) is 4.98 Å². The molecule has 0 aromatic carbocycles. The minimum Gasteiger partial charge on any atom is -0.591 e. The lowest BCUT2D eigenvalue weighted by atomic mass is 10.3. The SMILES string of the molecule is CC(C)(C)[S+]([O-])N=Cc1nc[nH]c1C(F)(F)F. The van der Waals surface area contributed by atoms with Crippen molar-refractivity contribution in [3.8, 4) is 0 Å². The van der Waals surface area contributed by atoms with E-state index >= 15 is 0 Å². The fourth-order valence-electron chi connectivity index (χ4n) is 0.886. The Bertz CT molecular complexity index is 408. The second-order valence-corrected chi connectivity index (χ2v) is 6.19. The van der Waals surface area contributed by atoms with E-state index in [0.29, 0.717) is 0 Å². The quantitative estimate of drug-likeness (QED) is 0.660. The predicted octanol–water partition coefficient (Wildman–Crippen LogP) is 2.31. The van der Waals surface area contributed by atoms with Crippen molar-refractivity contribution in [3.05, 3.63) is 17.7 Å². The molecule has 8 heteroatoms. The fourth-order valence-corrected chi connectivity index (χ4v) is 1.40. The molecule has 0 bridgehead atoms. The number of hydrogen-bond acceptors (Lipinski definition) is 3. The maximum Gasteiger partial charge on any atom is 0.433 e. The van der Waals surface area contributed by atoms with Crippen LogP contribution in [0.4, 0.5) is 13.2 Å². The van der Waals surface area contributed by atoms with Gasteiger partial charge in [0.2, 0.25) is 0 Å². The predicted molar refractivity (Wildman–Crippen MR) is 59.1 cm³/mol. The topological polar surface area (TPSA) is 64.1 Å². The molecule has 1 aromatic rings. The van der Waals surface area contributed by atoms with Crippen molar-refractivity contribution in [1.29, 1.82) is 0 Å². The van der Waals surface area contributed by atoms with E-state index in [4.69, 9.17) is 0 Å². The Labute approximate surface area is 99.7 Å². The Morgan fingerprint density at radius 2 is 2.00 bits per heavy atom. The van der Waals surface area contributed by atoms with E-state index in [2.05, 4.69) is 9.38 Å². The Balaban J connectivity index is 2.90. The summed E-state index contributed by atoms with van der Waals surface area (Å²) < 4.78 is 51.8. The van der Waals surface area contributed by atoms with Gasteiger partial charge in [0.1, 0.15) is 33.7 Å². The number of aromatic amines is 1. The first kappa shape index (κ1) is 14.0. The van der Waals surface area contributed by atoms with Gasteiger partial charge in [-0.2, -0.15) is 13.2 Å². The van der Waals surface area contributed by atoms with Crippen LogP contribution < -0.4 is 0 Å². The van der Waals surface area contributed by atoms with Gasteiger partial charge < -0.3 is 9.54 Å². The van der Waals surface area contributed by atoms with Crippen LogP contribution in [0.3, 0.4) is 0 Å². The number of rotatable bonds is 2. The molecule has 0 aliphatic heterocycles. The zero-order valence-corrected chi connectivity index (χ0v) is 10.3. The molecule has 0 amide bonds. The van der Waals surface area contributed by atoms with E-state index < -0.39 is 28.0 Å². The number of imidazole rings is 1. The summed E-state index contributed by atoms with van der Waals surface area (Å²) in [6.07, 6.45) is -2.73. The molecule has 1 atom stereocenters. The van der Waals surface area contributed by atoms with Crippen LogP contribution in [0, 0.1) is 0 Å². The van der Waals surface area contributed by atoms with E-state index in [0.717, 1.165) is 12.5 Å². The molecule has 4 nitrogen and oxygen atoms in total. The minimum absolute atomic E-state index is 0.366. The molecule has 1 N–H and O–H groups in total. The molecule has 0 radical (unpaired) electrons. The number of hydrogen-bond donors (Lipinski definition) is 1.